The van der Waals surface area contributed by atoms with Crippen molar-refractivity contribution < 1.29 is 9.18 Å². The van der Waals surface area contributed by atoms with Crippen LogP contribution in [0.5, 0.6) is 0 Å². The molecule has 16 heavy (non-hydrogen) atoms. The summed E-state index contributed by atoms with van der Waals surface area (Å²) in [5.41, 5.74) is 0.885. The van der Waals surface area contributed by atoms with Crippen molar-refractivity contribution in [2.75, 3.05) is 24.5 Å². The number of hydrogen-bond acceptors (Lipinski definition) is 2. The number of amides is 1. The van der Waals surface area contributed by atoms with E-state index in [1.54, 1.807) is 6.07 Å². The van der Waals surface area contributed by atoms with Gasteiger partial charge < -0.3 is 10.2 Å². The van der Waals surface area contributed by atoms with Crippen LogP contribution in [-0.2, 0) is 4.79 Å². The highest BCUT2D eigenvalue weighted by Crippen LogP contribution is 2.16. The van der Waals surface area contributed by atoms with Gasteiger partial charge in [0, 0.05) is 31.7 Å². The Labute approximate surface area is 94.3 Å². The third-order valence-electron chi connectivity index (χ3n) is 2.71. The molecule has 0 saturated carbocycles. The van der Waals surface area contributed by atoms with Gasteiger partial charge in [0.2, 0.25) is 5.91 Å². The van der Waals surface area contributed by atoms with Crippen molar-refractivity contribution in [3.05, 3.63) is 30.1 Å². The van der Waals surface area contributed by atoms with Crippen LogP contribution in [0.25, 0.3) is 0 Å². The van der Waals surface area contributed by atoms with Gasteiger partial charge in [0.05, 0.1) is 0 Å². The van der Waals surface area contributed by atoms with Gasteiger partial charge in [0.25, 0.3) is 0 Å². The maximum Gasteiger partial charge on any atom is 0.220 e. The normalized spacial score (nSPS) is 17.6. The van der Waals surface area contributed by atoms with Crippen LogP contribution in [0.1, 0.15) is 12.8 Å². The van der Waals surface area contributed by atoms with Crippen LogP contribution in [0.2, 0.25) is 0 Å². The third-order valence-corrected chi connectivity index (χ3v) is 2.71. The standard InChI is InChI=1S/C12H15FN2O/c13-10-3-1-4-11(9-10)15-7-2-5-12(16)14-6-8-15/h1,3-4,9H,2,5-8H2,(H,14,16). The Hall–Kier alpha value is -1.58. The molecule has 1 heterocycles. The zero-order valence-electron chi connectivity index (χ0n) is 9.08. The lowest BCUT2D eigenvalue weighted by molar-refractivity contribution is -0.121. The van der Waals surface area contributed by atoms with E-state index in [1.807, 2.05) is 6.07 Å². The van der Waals surface area contributed by atoms with E-state index in [2.05, 4.69) is 10.2 Å². The molecule has 1 aromatic rings. The number of hydrogen-bond donors (Lipinski definition) is 1. The number of benzene rings is 1. The Morgan fingerprint density at radius 2 is 2.19 bits per heavy atom. The predicted octanol–water partition coefficient (Wildman–Crippen LogP) is 1.54. The number of carbonyl (C=O) groups is 1. The van der Waals surface area contributed by atoms with Gasteiger partial charge in [0.15, 0.2) is 0 Å². The molecule has 1 N–H and O–H groups in total. The van der Waals surface area contributed by atoms with E-state index in [0.717, 1.165) is 25.2 Å². The van der Waals surface area contributed by atoms with Crippen LogP contribution in [0, 0.1) is 5.82 Å². The number of rotatable bonds is 1. The summed E-state index contributed by atoms with van der Waals surface area (Å²) in [6.07, 6.45) is 1.36. The zero-order chi connectivity index (χ0) is 11.4. The Morgan fingerprint density at radius 3 is 3.00 bits per heavy atom. The molecular weight excluding hydrogens is 207 g/mol. The molecule has 0 atom stereocenters. The van der Waals surface area contributed by atoms with Gasteiger partial charge in [-0.2, -0.15) is 0 Å². The molecule has 1 saturated heterocycles. The van der Waals surface area contributed by atoms with Crippen molar-refractivity contribution in [1.29, 1.82) is 0 Å². The minimum atomic E-state index is -0.219. The van der Waals surface area contributed by atoms with Crippen molar-refractivity contribution >= 4 is 11.6 Å². The summed E-state index contributed by atoms with van der Waals surface area (Å²) >= 11 is 0. The lowest BCUT2D eigenvalue weighted by Crippen LogP contribution is -2.38. The average molecular weight is 222 g/mol. The first-order valence-electron chi connectivity index (χ1n) is 5.53. The summed E-state index contributed by atoms with van der Waals surface area (Å²) in [6, 6.07) is 6.58. The maximum atomic E-state index is 13.1. The first-order chi connectivity index (χ1) is 7.75. The predicted molar refractivity (Wildman–Crippen MR) is 60.9 cm³/mol. The fourth-order valence-electron chi connectivity index (χ4n) is 1.89. The van der Waals surface area contributed by atoms with E-state index in [0.29, 0.717) is 13.0 Å². The number of nitrogens with one attached hydrogen (secondary N) is 1. The molecule has 0 spiro atoms. The molecule has 0 aliphatic carbocycles. The smallest absolute Gasteiger partial charge is 0.220 e. The van der Waals surface area contributed by atoms with E-state index < -0.39 is 0 Å². The summed E-state index contributed by atoms with van der Waals surface area (Å²) in [6.45, 7) is 2.15. The van der Waals surface area contributed by atoms with Crippen LogP contribution < -0.4 is 10.2 Å². The SMILES string of the molecule is O=C1CCCN(c2cccc(F)c2)CCN1. The molecule has 4 heteroatoms. The summed E-state index contributed by atoms with van der Waals surface area (Å²) in [4.78, 5) is 13.2. The largest absolute Gasteiger partial charge is 0.370 e. The highest BCUT2D eigenvalue weighted by molar-refractivity contribution is 5.76. The average Bonchev–Trinajstić information content (AvgIpc) is 2.23. The van der Waals surface area contributed by atoms with Gasteiger partial charge in [-0.25, -0.2) is 4.39 Å². The molecule has 2 rings (SSSR count). The molecule has 1 aliphatic rings. The van der Waals surface area contributed by atoms with Crippen LogP contribution in [0.3, 0.4) is 0 Å². The Balaban J connectivity index is 2.06. The molecule has 86 valence electrons. The molecular formula is C12H15FN2O. The first-order valence-corrected chi connectivity index (χ1v) is 5.53. The van der Waals surface area contributed by atoms with Crippen LogP contribution in [0.4, 0.5) is 10.1 Å². The molecule has 1 amide bonds. The molecule has 0 radical (unpaired) electrons. The van der Waals surface area contributed by atoms with Crippen molar-refractivity contribution in [1.82, 2.24) is 5.32 Å². The minimum absolute atomic E-state index is 0.110. The first kappa shape index (κ1) is 10.9. The summed E-state index contributed by atoms with van der Waals surface area (Å²) < 4.78 is 13.1. The molecule has 0 bridgehead atoms. The van der Waals surface area contributed by atoms with Gasteiger partial charge >= 0.3 is 0 Å². The third kappa shape index (κ3) is 2.72. The van der Waals surface area contributed by atoms with Crippen LogP contribution in [-0.4, -0.2) is 25.5 Å². The van der Waals surface area contributed by atoms with Crippen molar-refractivity contribution in [2.24, 2.45) is 0 Å². The Bertz CT molecular complexity index is 369. The summed E-state index contributed by atoms with van der Waals surface area (Å²) in [5.74, 6) is -0.109. The highest BCUT2D eigenvalue weighted by Gasteiger charge is 2.12. The zero-order valence-corrected chi connectivity index (χ0v) is 9.08. The van der Waals surface area contributed by atoms with Gasteiger partial charge in [-0.3, -0.25) is 4.79 Å². The summed E-state index contributed by atoms with van der Waals surface area (Å²) in [5, 5.41) is 2.82. The quantitative estimate of drug-likeness (QED) is 0.781. The monoisotopic (exact) mass is 222 g/mol. The van der Waals surface area contributed by atoms with Crippen LogP contribution >= 0.6 is 0 Å². The molecule has 1 fully saturated rings. The maximum absolute atomic E-state index is 13.1. The highest BCUT2D eigenvalue weighted by atomic mass is 19.1. The number of nitrogens with zero attached hydrogens (tertiary/aromatic N) is 1. The van der Waals surface area contributed by atoms with Gasteiger partial charge in [0.1, 0.15) is 5.82 Å². The lowest BCUT2D eigenvalue weighted by Gasteiger charge is -2.27. The minimum Gasteiger partial charge on any atom is -0.370 e. The topological polar surface area (TPSA) is 32.3 Å². The van der Waals surface area contributed by atoms with E-state index in [1.165, 1.54) is 12.1 Å². The van der Waals surface area contributed by atoms with Crippen molar-refractivity contribution in [3.63, 3.8) is 0 Å². The van der Waals surface area contributed by atoms with E-state index in [-0.39, 0.29) is 11.7 Å². The van der Waals surface area contributed by atoms with Crippen molar-refractivity contribution in [3.8, 4) is 0 Å². The second-order valence-electron chi connectivity index (χ2n) is 3.92. The number of halogens is 1. The second-order valence-corrected chi connectivity index (χ2v) is 3.92. The van der Waals surface area contributed by atoms with Gasteiger partial charge in [-0.1, -0.05) is 6.07 Å². The number of carbonyl (C=O) groups excluding carboxylic acids is 1. The molecule has 0 aromatic heterocycles. The molecule has 0 unspecified atom stereocenters. The Kier molecular flexibility index (Phi) is 3.39. The van der Waals surface area contributed by atoms with Gasteiger partial charge in [-0.15, -0.1) is 0 Å². The number of anilines is 1. The van der Waals surface area contributed by atoms with E-state index in [9.17, 15) is 9.18 Å². The molecule has 1 aromatic carbocycles. The lowest BCUT2D eigenvalue weighted by atomic mass is 10.2. The van der Waals surface area contributed by atoms with Crippen LogP contribution in [0.15, 0.2) is 24.3 Å². The molecule has 3 nitrogen and oxygen atoms in total. The fraction of sp³-hybridized carbons (Fsp3) is 0.417. The second kappa shape index (κ2) is 4.96. The Morgan fingerprint density at radius 1 is 1.31 bits per heavy atom. The fourth-order valence-corrected chi connectivity index (χ4v) is 1.89. The van der Waals surface area contributed by atoms with Gasteiger partial charge in [-0.05, 0) is 24.6 Å². The summed E-state index contributed by atoms with van der Waals surface area (Å²) in [7, 11) is 0. The van der Waals surface area contributed by atoms with E-state index in [4.69, 9.17) is 0 Å². The van der Waals surface area contributed by atoms with Crippen molar-refractivity contribution in [2.45, 2.75) is 12.8 Å². The van der Waals surface area contributed by atoms with E-state index >= 15 is 0 Å². The molecule has 1 aliphatic heterocycles.